The lowest BCUT2D eigenvalue weighted by Gasteiger charge is -1.92. The summed E-state index contributed by atoms with van der Waals surface area (Å²) in [6.45, 7) is 0. The first-order valence-corrected chi connectivity index (χ1v) is 2.15. The summed E-state index contributed by atoms with van der Waals surface area (Å²) < 4.78 is 0.345. The third kappa shape index (κ3) is 4.20. The highest BCUT2D eigenvalue weighted by atomic mass is 32.1. The van der Waals surface area contributed by atoms with E-state index in [1.165, 1.54) is 7.11 Å². The Kier molecular flexibility index (Phi) is 3.51. The van der Waals surface area contributed by atoms with Crippen molar-refractivity contribution in [3.8, 4) is 0 Å². The third-order valence-electron chi connectivity index (χ3n) is 0.189. The molecule has 0 amide bonds. The summed E-state index contributed by atoms with van der Waals surface area (Å²) in [6, 6.07) is 0. The summed E-state index contributed by atoms with van der Waals surface area (Å²) >= 11 is 8.10. The van der Waals surface area contributed by atoms with E-state index in [4.69, 9.17) is 0 Å². The predicted molar refractivity (Wildman–Crippen MR) is 31.7 cm³/mol. The molecular weight excluding hydrogens is 118 g/mol. The molecule has 0 bridgehead atoms. The van der Waals surface area contributed by atoms with Gasteiger partial charge in [0.1, 0.15) is 0 Å². The average Bonchev–Trinajstić information content (AvgIpc) is 1.35. The van der Waals surface area contributed by atoms with Gasteiger partial charge in [-0.1, -0.05) is 12.2 Å². The van der Waals surface area contributed by atoms with Crippen molar-refractivity contribution < 1.29 is 4.84 Å². The summed E-state index contributed by atoms with van der Waals surface area (Å²) in [4.78, 5) is 4.34. The molecule has 0 unspecified atom stereocenters. The van der Waals surface area contributed by atoms with Crippen molar-refractivity contribution in [3.05, 3.63) is 0 Å². The predicted octanol–water partition coefficient (Wildman–Crippen LogP) is 0.352. The molecule has 0 heterocycles. The highest BCUT2D eigenvalue weighted by Crippen LogP contribution is 1.73. The summed E-state index contributed by atoms with van der Waals surface area (Å²) in [5, 5.41) is 0. The Bertz CT molecular complexity index is 55.5. The second-order valence-electron chi connectivity index (χ2n) is 0.611. The Morgan fingerprint density at radius 2 is 2.50 bits per heavy atom. The lowest BCUT2D eigenvalue weighted by atomic mass is 11.5. The molecule has 0 aliphatic rings. The van der Waals surface area contributed by atoms with Crippen molar-refractivity contribution in [1.82, 2.24) is 5.48 Å². The second kappa shape index (κ2) is 3.39. The van der Waals surface area contributed by atoms with Crippen LogP contribution in [0.25, 0.3) is 0 Å². The average molecular weight is 123 g/mol. The first kappa shape index (κ1) is 6.20. The molecule has 2 nitrogen and oxygen atoms in total. The Hall–Kier alpha value is 0.200. The zero-order valence-corrected chi connectivity index (χ0v) is 4.97. The van der Waals surface area contributed by atoms with Crippen molar-refractivity contribution in [3.63, 3.8) is 0 Å². The molecule has 6 heavy (non-hydrogen) atoms. The molecule has 0 radical (unpaired) electrons. The van der Waals surface area contributed by atoms with Crippen molar-refractivity contribution in [2.45, 2.75) is 0 Å². The maximum Gasteiger partial charge on any atom is 0.154 e. The summed E-state index contributed by atoms with van der Waals surface area (Å²) in [6.07, 6.45) is 0. The van der Waals surface area contributed by atoms with E-state index in [0.717, 1.165) is 0 Å². The molecule has 36 valence electrons. The molecule has 4 heteroatoms. The molecule has 0 atom stereocenters. The number of nitrogens with one attached hydrogen (secondary N) is 1. The Morgan fingerprint density at radius 3 is 2.50 bits per heavy atom. The highest BCUT2D eigenvalue weighted by Gasteiger charge is 1.75. The van der Waals surface area contributed by atoms with E-state index in [-0.39, 0.29) is 0 Å². The first-order valence-electron chi connectivity index (χ1n) is 1.29. The molecule has 0 aliphatic heterocycles. The molecule has 0 rings (SSSR count). The molecule has 0 aliphatic carbocycles. The summed E-state index contributed by atoms with van der Waals surface area (Å²) in [7, 11) is 1.47. The second-order valence-corrected chi connectivity index (χ2v) is 1.77. The zero-order valence-electron chi connectivity index (χ0n) is 3.26. The fourth-order valence-electron chi connectivity index (χ4n) is 0.0873. The van der Waals surface area contributed by atoms with E-state index < -0.39 is 0 Å². The van der Waals surface area contributed by atoms with Gasteiger partial charge >= 0.3 is 0 Å². The number of thiocarbonyl (C=S) groups is 1. The molecule has 0 spiro atoms. The van der Waals surface area contributed by atoms with Crippen LogP contribution in [0.4, 0.5) is 0 Å². The number of thiol groups is 1. The lowest BCUT2D eigenvalue weighted by molar-refractivity contribution is 0.149. The minimum Gasteiger partial charge on any atom is -0.278 e. The van der Waals surface area contributed by atoms with Crippen LogP contribution < -0.4 is 5.48 Å². The van der Waals surface area contributed by atoms with Gasteiger partial charge in [0, 0.05) is 0 Å². The number of rotatable bonds is 1. The third-order valence-corrected chi connectivity index (χ3v) is 0.364. The molecule has 0 aromatic rings. The van der Waals surface area contributed by atoms with E-state index in [1.807, 2.05) is 0 Å². The fourth-order valence-corrected chi connectivity index (χ4v) is 0.262. The molecular formula is C2H5NOS2. The SMILES string of the molecule is CONC(=S)S. The molecule has 0 saturated carbocycles. The van der Waals surface area contributed by atoms with Gasteiger partial charge in [0.15, 0.2) is 4.32 Å². The van der Waals surface area contributed by atoms with Crippen LogP contribution in [-0.2, 0) is 4.84 Å². The minimum absolute atomic E-state index is 0.345. The van der Waals surface area contributed by atoms with E-state index in [9.17, 15) is 0 Å². The van der Waals surface area contributed by atoms with E-state index >= 15 is 0 Å². The standard InChI is InChI=1S/C2H5NOS2/c1-4-3-2(5)6/h1H3,(H2,3,5,6). The molecule has 0 saturated heterocycles. The Balaban J connectivity index is 2.83. The van der Waals surface area contributed by atoms with Crippen molar-refractivity contribution in [2.75, 3.05) is 7.11 Å². The fraction of sp³-hybridized carbons (Fsp3) is 0.500. The topological polar surface area (TPSA) is 21.3 Å². The van der Waals surface area contributed by atoms with E-state index in [1.54, 1.807) is 0 Å². The van der Waals surface area contributed by atoms with Gasteiger partial charge < -0.3 is 0 Å². The van der Waals surface area contributed by atoms with Crippen LogP contribution in [0.15, 0.2) is 0 Å². The van der Waals surface area contributed by atoms with Crippen LogP contribution in [0.2, 0.25) is 0 Å². The Morgan fingerprint density at radius 1 is 2.00 bits per heavy atom. The van der Waals surface area contributed by atoms with Crippen LogP contribution >= 0.6 is 24.8 Å². The van der Waals surface area contributed by atoms with Crippen LogP contribution in [0.5, 0.6) is 0 Å². The summed E-state index contributed by atoms with van der Waals surface area (Å²) in [5.74, 6) is 0. The number of hydrogen-bond acceptors (Lipinski definition) is 2. The summed E-state index contributed by atoms with van der Waals surface area (Å²) in [5.41, 5.74) is 2.30. The zero-order chi connectivity index (χ0) is 4.99. The highest BCUT2D eigenvalue weighted by molar-refractivity contribution is 8.10. The van der Waals surface area contributed by atoms with Crippen LogP contribution in [0.3, 0.4) is 0 Å². The van der Waals surface area contributed by atoms with Gasteiger partial charge in [0.25, 0.3) is 0 Å². The first-order chi connectivity index (χ1) is 2.77. The Labute approximate surface area is 47.2 Å². The van der Waals surface area contributed by atoms with Gasteiger partial charge in [-0.05, 0) is 0 Å². The van der Waals surface area contributed by atoms with Crippen LogP contribution in [0, 0.1) is 0 Å². The largest absolute Gasteiger partial charge is 0.278 e. The number of hydroxylamine groups is 1. The van der Waals surface area contributed by atoms with Gasteiger partial charge in [0.2, 0.25) is 0 Å². The smallest absolute Gasteiger partial charge is 0.154 e. The molecule has 0 aromatic heterocycles. The molecule has 0 fully saturated rings. The number of hydrogen-bond donors (Lipinski definition) is 2. The van der Waals surface area contributed by atoms with E-state index in [2.05, 4.69) is 35.2 Å². The van der Waals surface area contributed by atoms with Crippen molar-refractivity contribution in [2.24, 2.45) is 0 Å². The maximum absolute atomic E-state index is 4.42. The van der Waals surface area contributed by atoms with Crippen LogP contribution in [0.1, 0.15) is 0 Å². The van der Waals surface area contributed by atoms with Gasteiger partial charge in [-0.3, -0.25) is 10.3 Å². The van der Waals surface area contributed by atoms with Gasteiger partial charge in [-0.2, -0.15) is 0 Å². The minimum atomic E-state index is 0.345. The van der Waals surface area contributed by atoms with Gasteiger partial charge in [-0.15, -0.1) is 12.6 Å². The molecule has 1 N–H and O–H groups in total. The quantitative estimate of drug-likeness (QED) is 0.298. The normalized spacial score (nSPS) is 7.67. The maximum atomic E-state index is 4.42. The van der Waals surface area contributed by atoms with Gasteiger partial charge in [-0.25, -0.2) is 0 Å². The van der Waals surface area contributed by atoms with E-state index in [0.29, 0.717) is 4.32 Å². The molecule has 0 aromatic carbocycles. The van der Waals surface area contributed by atoms with Crippen molar-refractivity contribution >= 4 is 29.2 Å². The van der Waals surface area contributed by atoms with Gasteiger partial charge in [0.05, 0.1) is 7.11 Å². The van der Waals surface area contributed by atoms with Crippen LogP contribution in [-0.4, -0.2) is 11.4 Å². The lowest BCUT2D eigenvalue weighted by Crippen LogP contribution is -2.12. The van der Waals surface area contributed by atoms with Crippen molar-refractivity contribution in [1.29, 1.82) is 0 Å². The monoisotopic (exact) mass is 123 g/mol.